The topological polar surface area (TPSA) is 79.0 Å². The fourth-order valence-corrected chi connectivity index (χ4v) is 4.22. The van der Waals surface area contributed by atoms with Gasteiger partial charge >= 0.3 is 0 Å². The van der Waals surface area contributed by atoms with E-state index in [0.717, 1.165) is 11.3 Å². The van der Waals surface area contributed by atoms with Crippen LogP contribution in [0, 0.1) is 6.92 Å². The zero-order valence-electron chi connectivity index (χ0n) is 11.0. The van der Waals surface area contributed by atoms with Gasteiger partial charge in [-0.25, -0.2) is 13.4 Å². The van der Waals surface area contributed by atoms with Crippen molar-refractivity contribution >= 4 is 21.4 Å². The van der Waals surface area contributed by atoms with Crippen molar-refractivity contribution in [3.05, 3.63) is 28.7 Å². The molecule has 0 bridgehead atoms. The summed E-state index contributed by atoms with van der Waals surface area (Å²) in [7, 11) is -1.93. The number of sulfonamides is 1. The maximum Gasteiger partial charge on any atom is 0.252 e. The van der Waals surface area contributed by atoms with Crippen LogP contribution < -0.4 is 0 Å². The molecule has 1 N–H and O–H groups in total. The number of thiophene rings is 1. The fraction of sp³-hybridized carbons (Fsp3) is 0.455. The van der Waals surface area contributed by atoms with Gasteiger partial charge in [0.25, 0.3) is 10.0 Å². The Morgan fingerprint density at radius 2 is 2.16 bits per heavy atom. The summed E-state index contributed by atoms with van der Waals surface area (Å²) in [5, 5.41) is 6.64. The number of aryl methyl sites for hydroxylation is 2. The summed E-state index contributed by atoms with van der Waals surface area (Å²) < 4.78 is 26.3. The largest absolute Gasteiger partial charge is 0.263 e. The first-order chi connectivity index (χ1) is 8.93. The van der Waals surface area contributed by atoms with E-state index in [2.05, 4.69) is 15.2 Å². The summed E-state index contributed by atoms with van der Waals surface area (Å²) in [6, 6.07) is 3.50. The van der Waals surface area contributed by atoms with Gasteiger partial charge in [-0.3, -0.25) is 5.10 Å². The number of aromatic nitrogens is 3. The van der Waals surface area contributed by atoms with Gasteiger partial charge in [-0.05, 0) is 25.5 Å². The Hall–Kier alpha value is -1.25. The Kier molecular flexibility index (Phi) is 4.02. The molecule has 2 rings (SSSR count). The van der Waals surface area contributed by atoms with E-state index in [-0.39, 0.29) is 6.54 Å². The van der Waals surface area contributed by atoms with Gasteiger partial charge in [0.15, 0.2) is 5.82 Å². The van der Waals surface area contributed by atoms with Gasteiger partial charge in [-0.1, -0.05) is 6.92 Å². The molecule has 0 spiro atoms. The highest BCUT2D eigenvalue weighted by molar-refractivity contribution is 7.91. The number of nitrogens with zero attached hydrogens (tertiary/aromatic N) is 3. The number of H-pyrrole nitrogens is 1. The van der Waals surface area contributed by atoms with Gasteiger partial charge in [0.1, 0.15) is 10.0 Å². The molecular formula is C11H16N4O2S2. The van der Waals surface area contributed by atoms with Crippen molar-refractivity contribution in [3.8, 4) is 0 Å². The predicted molar refractivity (Wildman–Crippen MR) is 73.5 cm³/mol. The quantitative estimate of drug-likeness (QED) is 0.909. The molecular weight excluding hydrogens is 284 g/mol. The lowest BCUT2D eigenvalue weighted by Gasteiger charge is -2.13. The molecule has 19 heavy (non-hydrogen) atoms. The third-order valence-electron chi connectivity index (χ3n) is 2.66. The molecule has 2 aromatic heterocycles. The molecule has 0 unspecified atom stereocenters. The lowest BCUT2D eigenvalue weighted by Crippen LogP contribution is -2.26. The monoisotopic (exact) mass is 300 g/mol. The van der Waals surface area contributed by atoms with Crippen LogP contribution >= 0.6 is 11.3 Å². The molecule has 0 saturated heterocycles. The molecule has 104 valence electrons. The highest BCUT2D eigenvalue weighted by atomic mass is 32.2. The predicted octanol–water partition coefficient (Wildman–Crippen LogP) is 1.56. The minimum absolute atomic E-state index is 0.159. The zero-order chi connectivity index (χ0) is 14.0. The molecule has 0 aliphatic carbocycles. The lowest BCUT2D eigenvalue weighted by atomic mass is 10.4. The van der Waals surface area contributed by atoms with E-state index in [9.17, 15) is 8.42 Å². The van der Waals surface area contributed by atoms with Gasteiger partial charge in [-0.15, -0.1) is 11.3 Å². The third kappa shape index (κ3) is 3.02. The lowest BCUT2D eigenvalue weighted by molar-refractivity contribution is 0.459. The van der Waals surface area contributed by atoms with Crippen molar-refractivity contribution in [1.82, 2.24) is 19.5 Å². The van der Waals surface area contributed by atoms with E-state index in [4.69, 9.17) is 0 Å². The third-order valence-corrected chi connectivity index (χ3v) is 6.16. The van der Waals surface area contributed by atoms with E-state index in [0.29, 0.717) is 15.9 Å². The van der Waals surface area contributed by atoms with E-state index in [1.165, 1.54) is 22.7 Å². The molecule has 2 heterocycles. The molecule has 0 aliphatic rings. The smallest absolute Gasteiger partial charge is 0.252 e. The number of rotatable bonds is 5. The Bertz CT molecular complexity index is 660. The Morgan fingerprint density at radius 1 is 1.42 bits per heavy atom. The summed E-state index contributed by atoms with van der Waals surface area (Å²) in [5.41, 5.74) is 0. The van der Waals surface area contributed by atoms with Crippen LogP contribution in [0.2, 0.25) is 0 Å². The Labute approximate surface area is 116 Å². The average molecular weight is 300 g/mol. The van der Waals surface area contributed by atoms with Gasteiger partial charge in [0.05, 0.1) is 6.54 Å². The van der Waals surface area contributed by atoms with Crippen LogP contribution in [0.15, 0.2) is 16.3 Å². The van der Waals surface area contributed by atoms with Gasteiger partial charge in [0, 0.05) is 11.9 Å². The number of nitrogens with one attached hydrogen (secondary N) is 1. The summed E-state index contributed by atoms with van der Waals surface area (Å²) >= 11 is 1.31. The van der Waals surface area contributed by atoms with Crippen LogP contribution in [0.5, 0.6) is 0 Å². The second kappa shape index (κ2) is 5.40. The summed E-state index contributed by atoms with van der Waals surface area (Å²) in [5.74, 6) is 1.14. The van der Waals surface area contributed by atoms with Crippen LogP contribution in [0.25, 0.3) is 0 Å². The minimum Gasteiger partial charge on any atom is -0.263 e. The molecule has 0 aromatic carbocycles. The van der Waals surface area contributed by atoms with Crippen molar-refractivity contribution in [2.75, 3.05) is 7.05 Å². The second-order valence-electron chi connectivity index (χ2n) is 4.17. The summed E-state index contributed by atoms with van der Waals surface area (Å²) in [6.07, 6.45) is 0.837. The van der Waals surface area contributed by atoms with Gasteiger partial charge < -0.3 is 0 Å². The zero-order valence-corrected chi connectivity index (χ0v) is 12.7. The van der Waals surface area contributed by atoms with E-state index in [1.54, 1.807) is 13.0 Å². The molecule has 0 amide bonds. The van der Waals surface area contributed by atoms with E-state index >= 15 is 0 Å². The molecule has 6 nitrogen and oxygen atoms in total. The number of hydrogen-bond acceptors (Lipinski definition) is 5. The van der Waals surface area contributed by atoms with E-state index < -0.39 is 10.0 Å². The normalized spacial score (nSPS) is 12.2. The van der Waals surface area contributed by atoms with E-state index in [1.807, 2.05) is 13.0 Å². The summed E-state index contributed by atoms with van der Waals surface area (Å²) in [6.45, 7) is 3.94. The van der Waals surface area contributed by atoms with Crippen LogP contribution in [0.4, 0.5) is 0 Å². The Balaban J connectivity index is 2.19. The molecule has 2 aromatic rings. The van der Waals surface area contributed by atoms with Crippen LogP contribution in [0.1, 0.15) is 23.4 Å². The van der Waals surface area contributed by atoms with Crippen LogP contribution in [0.3, 0.4) is 0 Å². The second-order valence-corrected chi connectivity index (χ2v) is 7.61. The van der Waals surface area contributed by atoms with Crippen molar-refractivity contribution in [2.24, 2.45) is 0 Å². The molecule has 8 heteroatoms. The molecule has 0 saturated carbocycles. The van der Waals surface area contributed by atoms with Crippen molar-refractivity contribution in [3.63, 3.8) is 0 Å². The molecule has 0 atom stereocenters. The molecule has 0 aliphatic heterocycles. The highest BCUT2D eigenvalue weighted by Crippen LogP contribution is 2.25. The Morgan fingerprint density at radius 3 is 2.68 bits per heavy atom. The highest BCUT2D eigenvalue weighted by Gasteiger charge is 2.23. The number of hydrogen-bond donors (Lipinski definition) is 1. The maximum atomic E-state index is 12.3. The molecule has 0 fully saturated rings. The first-order valence-corrected chi connectivity index (χ1v) is 8.12. The van der Waals surface area contributed by atoms with Gasteiger partial charge in [0.2, 0.25) is 0 Å². The first kappa shape index (κ1) is 14.2. The van der Waals surface area contributed by atoms with Crippen LogP contribution in [-0.2, 0) is 23.0 Å². The van der Waals surface area contributed by atoms with Crippen molar-refractivity contribution in [2.45, 2.75) is 31.0 Å². The van der Waals surface area contributed by atoms with Gasteiger partial charge in [-0.2, -0.15) is 9.40 Å². The maximum absolute atomic E-state index is 12.3. The van der Waals surface area contributed by atoms with Crippen molar-refractivity contribution < 1.29 is 8.42 Å². The standard InChI is InChI=1S/C11H16N4O2S2/c1-4-9-5-6-11(18-9)19(16,17)15(3)7-10-12-8(2)13-14-10/h5-6H,4,7H2,1-3H3,(H,12,13,14). The SMILES string of the molecule is CCc1ccc(S(=O)(=O)N(C)Cc2n[nH]c(C)n2)s1. The molecule has 0 radical (unpaired) electrons. The fourth-order valence-electron chi connectivity index (χ4n) is 1.58. The first-order valence-electron chi connectivity index (χ1n) is 5.86. The van der Waals surface area contributed by atoms with Crippen molar-refractivity contribution in [1.29, 1.82) is 0 Å². The van der Waals surface area contributed by atoms with Crippen LogP contribution in [-0.4, -0.2) is 35.0 Å². The average Bonchev–Trinajstić information content (AvgIpc) is 2.98. The minimum atomic E-state index is -3.46. The summed E-state index contributed by atoms with van der Waals surface area (Å²) in [4.78, 5) is 5.17. The number of aromatic amines is 1.